The van der Waals surface area contributed by atoms with Gasteiger partial charge in [0.05, 0.1) is 0 Å². The van der Waals surface area contributed by atoms with Crippen molar-refractivity contribution in [3.8, 4) is 22.3 Å². The van der Waals surface area contributed by atoms with Crippen molar-refractivity contribution in [3.63, 3.8) is 0 Å². The van der Waals surface area contributed by atoms with Crippen LogP contribution in [0.5, 0.6) is 0 Å². The Morgan fingerprint density at radius 3 is 2.41 bits per heavy atom. The quantitative estimate of drug-likeness (QED) is 0.316. The van der Waals surface area contributed by atoms with Gasteiger partial charge in [-0.15, -0.1) is 0 Å². The normalized spacial score (nSPS) is 13.4. The number of aryl methyl sites for hydroxylation is 4. The fourth-order valence-corrected chi connectivity index (χ4v) is 4.09. The number of rotatable bonds is 2. The second kappa shape index (κ2) is 6.59. The van der Waals surface area contributed by atoms with Crippen molar-refractivity contribution in [3.05, 3.63) is 89.1 Å². The molecule has 0 aliphatic carbocycles. The van der Waals surface area contributed by atoms with Gasteiger partial charge in [-0.05, 0) is 79.2 Å². The highest BCUT2D eigenvalue weighted by Crippen LogP contribution is 2.41. The minimum Gasteiger partial charge on any atom is -0.437 e. The summed E-state index contributed by atoms with van der Waals surface area (Å²) in [6.07, 6.45) is 0. The van der Waals surface area contributed by atoms with Gasteiger partial charge in [0.25, 0.3) is 0 Å². The maximum absolute atomic E-state index is 8.14. The third kappa shape index (κ3) is 2.84. The molecule has 0 aliphatic rings. The topological polar surface area (TPSA) is 26.0 Å². The van der Waals surface area contributed by atoms with Gasteiger partial charge in [-0.25, -0.2) is 4.98 Å². The van der Waals surface area contributed by atoms with Crippen LogP contribution in [0.3, 0.4) is 0 Å². The second-order valence-electron chi connectivity index (χ2n) is 7.62. The van der Waals surface area contributed by atoms with E-state index in [1.165, 1.54) is 0 Å². The fraction of sp³-hybridized carbons (Fsp3) is 0.148. The molecule has 0 aliphatic heterocycles. The fourth-order valence-electron chi connectivity index (χ4n) is 4.09. The SMILES string of the molecule is [2H]C([2H])([2H])c1cc(C)c(-c2cc(-c3ccccc3)ccc2C)c2oc3nc(C)ccc3c12. The molecule has 0 unspecified atom stereocenters. The van der Waals surface area contributed by atoms with Crippen molar-refractivity contribution >= 4 is 22.1 Å². The van der Waals surface area contributed by atoms with Crippen LogP contribution in [-0.4, -0.2) is 4.98 Å². The molecule has 2 nitrogen and oxygen atoms in total. The van der Waals surface area contributed by atoms with Gasteiger partial charge in [0.1, 0.15) is 5.58 Å². The first-order valence-corrected chi connectivity index (χ1v) is 9.74. The number of furan rings is 1. The zero-order chi connectivity index (χ0) is 22.6. The highest BCUT2D eigenvalue weighted by atomic mass is 16.3. The van der Waals surface area contributed by atoms with Crippen molar-refractivity contribution < 1.29 is 8.53 Å². The van der Waals surface area contributed by atoms with Crippen LogP contribution in [0.4, 0.5) is 0 Å². The van der Waals surface area contributed by atoms with E-state index in [0.717, 1.165) is 44.5 Å². The van der Waals surface area contributed by atoms with Gasteiger partial charge in [0, 0.05) is 26.1 Å². The van der Waals surface area contributed by atoms with Crippen LogP contribution in [-0.2, 0) is 0 Å². The number of hydrogen-bond donors (Lipinski definition) is 0. The van der Waals surface area contributed by atoms with E-state index in [-0.39, 0.29) is 0 Å². The molecule has 0 saturated carbocycles. The van der Waals surface area contributed by atoms with E-state index in [1.807, 2.05) is 44.2 Å². The van der Waals surface area contributed by atoms with Gasteiger partial charge < -0.3 is 4.42 Å². The lowest BCUT2D eigenvalue weighted by atomic mass is 9.90. The van der Waals surface area contributed by atoms with Crippen LogP contribution in [0, 0.1) is 27.6 Å². The van der Waals surface area contributed by atoms with Crippen molar-refractivity contribution in [2.45, 2.75) is 27.6 Å². The summed E-state index contributed by atoms with van der Waals surface area (Å²) < 4.78 is 30.7. The molecule has 0 spiro atoms. The summed E-state index contributed by atoms with van der Waals surface area (Å²) >= 11 is 0. The molecular formula is C27H23NO. The molecule has 0 amide bonds. The van der Waals surface area contributed by atoms with E-state index in [4.69, 9.17) is 8.53 Å². The lowest BCUT2D eigenvalue weighted by molar-refractivity contribution is 0.653. The zero-order valence-corrected chi connectivity index (χ0v) is 16.7. The van der Waals surface area contributed by atoms with E-state index in [1.54, 1.807) is 6.07 Å². The number of benzene rings is 3. The molecule has 5 rings (SSSR count). The first-order chi connectivity index (χ1) is 15.2. The average Bonchev–Trinajstić information content (AvgIpc) is 3.11. The van der Waals surface area contributed by atoms with Crippen LogP contribution in [0.2, 0.25) is 0 Å². The first kappa shape index (κ1) is 14.6. The smallest absolute Gasteiger partial charge is 0.227 e. The number of nitrogens with zero attached hydrogens (tertiary/aromatic N) is 1. The van der Waals surface area contributed by atoms with Crippen molar-refractivity contribution in [2.24, 2.45) is 0 Å². The number of aromatic nitrogens is 1. The zero-order valence-electron chi connectivity index (χ0n) is 19.7. The summed E-state index contributed by atoms with van der Waals surface area (Å²) in [7, 11) is 0. The highest BCUT2D eigenvalue weighted by molar-refractivity contribution is 6.11. The van der Waals surface area contributed by atoms with Gasteiger partial charge in [-0.1, -0.05) is 48.5 Å². The van der Waals surface area contributed by atoms with Gasteiger partial charge in [-0.2, -0.15) is 0 Å². The van der Waals surface area contributed by atoms with E-state index in [9.17, 15) is 0 Å². The monoisotopic (exact) mass is 380 g/mol. The van der Waals surface area contributed by atoms with Crippen molar-refractivity contribution in [1.29, 1.82) is 0 Å². The van der Waals surface area contributed by atoms with Crippen LogP contribution in [0.1, 0.15) is 26.5 Å². The van der Waals surface area contributed by atoms with Crippen LogP contribution in [0.25, 0.3) is 44.3 Å². The molecule has 0 saturated heterocycles. The Kier molecular flexibility index (Phi) is 3.32. The molecule has 0 bridgehead atoms. The summed E-state index contributed by atoms with van der Waals surface area (Å²) in [5, 5.41) is 1.35. The van der Waals surface area contributed by atoms with E-state index in [0.29, 0.717) is 22.2 Å². The second-order valence-corrected chi connectivity index (χ2v) is 7.62. The Balaban J connectivity index is 1.88. The molecule has 142 valence electrons. The lowest BCUT2D eigenvalue weighted by Gasteiger charge is -2.14. The third-order valence-electron chi connectivity index (χ3n) is 5.56. The van der Waals surface area contributed by atoms with Crippen LogP contribution in [0.15, 0.2) is 71.1 Å². The molecule has 2 heteroatoms. The first-order valence-electron chi connectivity index (χ1n) is 11.2. The minimum atomic E-state index is -2.26. The maximum atomic E-state index is 8.14. The van der Waals surface area contributed by atoms with Gasteiger partial charge in [-0.3, -0.25) is 0 Å². The van der Waals surface area contributed by atoms with E-state index < -0.39 is 6.85 Å². The largest absolute Gasteiger partial charge is 0.437 e. The molecule has 3 aromatic carbocycles. The Labute approximate surface area is 175 Å². The summed E-state index contributed by atoms with van der Waals surface area (Å²) in [6, 6.07) is 22.2. The molecule has 0 fully saturated rings. The number of hydrogen-bond acceptors (Lipinski definition) is 2. The van der Waals surface area contributed by atoms with Crippen molar-refractivity contribution in [1.82, 2.24) is 4.98 Å². The van der Waals surface area contributed by atoms with Gasteiger partial charge in [0.15, 0.2) is 0 Å². The Morgan fingerprint density at radius 1 is 0.793 bits per heavy atom. The lowest BCUT2D eigenvalue weighted by Crippen LogP contribution is -1.91. The highest BCUT2D eigenvalue weighted by Gasteiger charge is 2.19. The third-order valence-corrected chi connectivity index (χ3v) is 5.56. The standard InChI is InChI=1S/C27H23NO/c1-16-10-12-21(20-8-6-5-7-9-20)15-23(16)25-18(3)14-17(2)24-22-13-11-19(4)28-27(22)29-26(24)25/h5-15H,1-4H3/i2D3. The average molecular weight is 381 g/mol. The minimum absolute atomic E-state index is 0.301. The summed E-state index contributed by atoms with van der Waals surface area (Å²) in [6.45, 7) is 3.66. The maximum Gasteiger partial charge on any atom is 0.227 e. The molecule has 0 radical (unpaired) electrons. The summed E-state index contributed by atoms with van der Waals surface area (Å²) in [5.41, 5.74) is 8.32. The van der Waals surface area contributed by atoms with E-state index >= 15 is 0 Å². The molecule has 29 heavy (non-hydrogen) atoms. The predicted molar refractivity (Wildman–Crippen MR) is 121 cm³/mol. The molecule has 2 heterocycles. The summed E-state index contributed by atoms with van der Waals surface area (Å²) in [5.74, 6) is 0. The summed E-state index contributed by atoms with van der Waals surface area (Å²) in [4.78, 5) is 4.54. The van der Waals surface area contributed by atoms with Crippen LogP contribution >= 0.6 is 0 Å². The molecule has 0 N–H and O–H groups in total. The molecule has 0 atom stereocenters. The van der Waals surface area contributed by atoms with Gasteiger partial charge in [0.2, 0.25) is 5.71 Å². The Hall–Kier alpha value is -3.39. The predicted octanol–water partition coefficient (Wildman–Crippen LogP) is 7.55. The molecule has 5 aromatic rings. The number of pyridine rings is 1. The van der Waals surface area contributed by atoms with E-state index in [2.05, 4.69) is 42.2 Å². The molecule has 2 aromatic heterocycles. The van der Waals surface area contributed by atoms with Crippen LogP contribution < -0.4 is 0 Å². The Morgan fingerprint density at radius 2 is 1.62 bits per heavy atom. The number of fused-ring (bicyclic) bond motifs is 3. The molecular weight excluding hydrogens is 354 g/mol. The van der Waals surface area contributed by atoms with Gasteiger partial charge >= 0.3 is 0 Å². The Bertz CT molecular complexity index is 1480. The van der Waals surface area contributed by atoms with Crippen molar-refractivity contribution in [2.75, 3.05) is 0 Å².